The van der Waals surface area contributed by atoms with E-state index >= 15 is 0 Å². The van der Waals surface area contributed by atoms with Gasteiger partial charge in [0.05, 0.1) is 19.6 Å². The number of hydrogen-bond acceptors (Lipinski definition) is 4. The summed E-state index contributed by atoms with van der Waals surface area (Å²) in [5.74, 6) is -0.137. The van der Waals surface area contributed by atoms with Gasteiger partial charge >= 0.3 is 12.0 Å². The molecule has 0 spiro atoms. The van der Waals surface area contributed by atoms with Crippen molar-refractivity contribution >= 4 is 35.1 Å². The van der Waals surface area contributed by atoms with Crippen LogP contribution in [0.25, 0.3) is 0 Å². The number of ether oxygens (including phenoxy) is 1. The molecule has 7 heteroatoms. The number of carboxylic acid groups (broad SMARTS) is 1. The highest BCUT2D eigenvalue weighted by molar-refractivity contribution is 7.99. The number of nitrogens with one attached hydrogen (secondary N) is 1. The summed E-state index contributed by atoms with van der Waals surface area (Å²) in [7, 11) is 1.60. The summed E-state index contributed by atoms with van der Waals surface area (Å²) in [6.07, 6.45) is -0.00390. The first-order chi connectivity index (χ1) is 17.9. The molecule has 0 saturated heterocycles. The highest BCUT2D eigenvalue weighted by atomic mass is 32.2. The van der Waals surface area contributed by atoms with E-state index in [-0.39, 0.29) is 18.5 Å². The second-order valence-electron chi connectivity index (χ2n) is 8.43. The van der Waals surface area contributed by atoms with Crippen LogP contribution in [0.1, 0.15) is 24.1 Å². The number of anilines is 2. The molecule has 188 valence electrons. The van der Waals surface area contributed by atoms with Crippen LogP contribution in [0.5, 0.6) is 5.75 Å². The van der Waals surface area contributed by atoms with Crippen LogP contribution >= 0.6 is 11.8 Å². The van der Waals surface area contributed by atoms with E-state index in [1.54, 1.807) is 35.9 Å². The van der Waals surface area contributed by atoms with Gasteiger partial charge in [-0.1, -0.05) is 60.3 Å². The zero-order valence-electron chi connectivity index (χ0n) is 20.6. The van der Waals surface area contributed by atoms with Gasteiger partial charge in [-0.3, -0.25) is 9.69 Å². The fourth-order valence-electron chi connectivity index (χ4n) is 3.94. The molecule has 0 aromatic heterocycles. The fraction of sp³-hybridized carbons (Fsp3) is 0.133. The molecule has 4 aromatic rings. The number of rotatable bonds is 9. The number of urea groups is 1. The summed E-state index contributed by atoms with van der Waals surface area (Å²) < 4.78 is 5.22. The molecule has 0 radical (unpaired) electrons. The molecule has 0 fully saturated rings. The lowest BCUT2D eigenvalue weighted by atomic mass is 10.1. The topological polar surface area (TPSA) is 78.9 Å². The van der Waals surface area contributed by atoms with Gasteiger partial charge in [0.2, 0.25) is 0 Å². The number of carbonyl (C=O) groups excluding carboxylic acids is 1. The number of methoxy groups -OCH3 is 1. The Hall–Kier alpha value is -4.23. The highest BCUT2D eigenvalue weighted by Gasteiger charge is 2.24. The number of nitrogens with zero attached hydrogens (tertiary/aromatic N) is 1. The number of hydrogen-bond donors (Lipinski definition) is 2. The minimum Gasteiger partial charge on any atom is -0.497 e. The van der Waals surface area contributed by atoms with E-state index < -0.39 is 5.97 Å². The summed E-state index contributed by atoms with van der Waals surface area (Å²) >= 11 is 1.55. The number of benzene rings is 4. The third-order valence-electron chi connectivity index (χ3n) is 5.84. The summed E-state index contributed by atoms with van der Waals surface area (Å²) in [6, 6.07) is 32.0. The minimum atomic E-state index is -0.853. The lowest BCUT2D eigenvalue weighted by Crippen LogP contribution is -2.37. The maximum absolute atomic E-state index is 13.6. The van der Waals surface area contributed by atoms with Crippen molar-refractivity contribution in [3.05, 3.63) is 114 Å². The van der Waals surface area contributed by atoms with Crippen LogP contribution in [0, 0.1) is 0 Å². The first-order valence-corrected chi connectivity index (χ1v) is 12.6. The van der Waals surface area contributed by atoms with Gasteiger partial charge in [0.1, 0.15) is 5.75 Å². The third-order valence-corrected chi connectivity index (χ3v) is 6.84. The zero-order valence-corrected chi connectivity index (χ0v) is 21.4. The summed E-state index contributed by atoms with van der Waals surface area (Å²) in [6.45, 7) is 2.00. The molecule has 0 bridgehead atoms. The molecule has 37 heavy (non-hydrogen) atoms. The van der Waals surface area contributed by atoms with Crippen LogP contribution in [0.2, 0.25) is 0 Å². The van der Waals surface area contributed by atoms with Gasteiger partial charge in [-0.2, -0.15) is 0 Å². The van der Waals surface area contributed by atoms with Gasteiger partial charge in [-0.25, -0.2) is 4.79 Å². The van der Waals surface area contributed by atoms with E-state index in [2.05, 4.69) is 5.32 Å². The van der Waals surface area contributed by atoms with Crippen molar-refractivity contribution in [1.29, 1.82) is 0 Å². The molecule has 6 nitrogen and oxygen atoms in total. The van der Waals surface area contributed by atoms with Crippen molar-refractivity contribution in [3.63, 3.8) is 0 Å². The summed E-state index contributed by atoms with van der Waals surface area (Å²) in [5.41, 5.74) is 3.20. The maximum atomic E-state index is 13.6. The average Bonchev–Trinajstić information content (AvgIpc) is 2.91. The summed E-state index contributed by atoms with van der Waals surface area (Å²) in [4.78, 5) is 28.3. The quantitative estimate of drug-likeness (QED) is 0.246. The van der Waals surface area contributed by atoms with E-state index in [4.69, 9.17) is 9.84 Å². The van der Waals surface area contributed by atoms with Crippen LogP contribution in [0.4, 0.5) is 16.2 Å². The van der Waals surface area contributed by atoms with Gasteiger partial charge < -0.3 is 15.2 Å². The normalized spacial score (nSPS) is 11.4. The Balaban J connectivity index is 1.60. The van der Waals surface area contributed by atoms with Crippen LogP contribution in [0.15, 0.2) is 113 Å². The van der Waals surface area contributed by atoms with Crippen molar-refractivity contribution in [2.45, 2.75) is 29.2 Å². The molecular formula is C30H28N2O4S. The van der Waals surface area contributed by atoms with E-state index in [9.17, 15) is 9.59 Å². The fourth-order valence-corrected chi connectivity index (χ4v) is 4.81. The van der Waals surface area contributed by atoms with Crippen LogP contribution in [-0.2, 0) is 11.2 Å². The molecule has 0 aliphatic rings. The van der Waals surface area contributed by atoms with Gasteiger partial charge in [-0.15, -0.1) is 0 Å². The predicted octanol–water partition coefficient (Wildman–Crippen LogP) is 7.27. The number of aliphatic carboxylic acids is 1. The Bertz CT molecular complexity index is 1340. The van der Waals surface area contributed by atoms with Crippen molar-refractivity contribution in [2.75, 3.05) is 17.3 Å². The molecule has 1 unspecified atom stereocenters. The first-order valence-electron chi connectivity index (χ1n) is 11.8. The molecule has 4 rings (SSSR count). The Morgan fingerprint density at radius 3 is 2.24 bits per heavy atom. The van der Waals surface area contributed by atoms with Crippen LogP contribution in [-0.4, -0.2) is 24.2 Å². The molecule has 2 N–H and O–H groups in total. The monoisotopic (exact) mass is 512 g/mol. The Morgan fingerprint density at radius 2 is 1.59 bits per heavy atom. The second-order valence-corrected chi connectivity index (χ2v) is 9.58. The Labute approximate surface area is 220 Å². The van der Waals surface area contributed by atoms with Crippen molar-refractivity contribution in [1.82, 2.24) is 0 Å². The number of amides is 2. The third kappa shape index (κ3) is 6.92. The van der Waals surface area contributed by atoms with Gasteiger partial charge in [0.25, 0.3) is 0 Å². The standard InChI is InChI=1S/C30H28N2O4S/c1-21(23-7-4-3-5-8-23)32(30(35)31-24-13-15-26(36-2)16-14-24)25-9-6-10-28(20-25)37-27-17-11-22(12-18-27)19-29(33)34/h3-18,20-21H,19H2,1-2H3,(H,31,35)(H,33,34). The van der Waals surface area contributed by atoms with Crippen molar-refractivity contribution < 1.29 is 19.4 Å². The lowest BCUT2D eigenvalue weighted by Gasteiger charge is -2.30. The van der Waals surface area contributed by atoms with Gasteiger partial charge in [0.15, 0.2) is 0 Å². The predicted molar refractivity (Wildman–Crippen MR) is 148 cm³/mol. The highest BCUT2D eigenvalue weighted by Crippen LogP contribution is 2.34. The molecule has 0 aliphatic carbocycles. The molecule has 0 aliphatic heterocycles. The smallest absolute Gasteiger partial charge is 0.326 e. The average molecular weight is 513 g/mol. The SMILES string of the molecule is COc1ccc(NC(=O)N(c2cccc(Sc3ccc(CC(=O)O)cc3)c2)C(C)c2ccccc2)cc1. The molecule has 0 saturated carbocycles. The Morgan fingerprint density at radius 1 is 0.892 bits per heavy atom. The summed E-state index contributed by atoms with van der Waals surface area (Å²) in [5, 5.41) is 12.0. The maximum Gasteiger partial charge on any atom is 0.326 e. The van der Waals surface area contributed by atoms with E-state index in [0.29, 0.717) is 11.4 Å². The largest absolute Gasteiger partial charge is 0.497 e. The number of carboxylic acids is 1. The van der Waals surface area contributed by atoms with E-state index in [1.165, 1.54) is 0 Å². The molecule has 4 aromatic carbocycles. The van der Waals surface area contributed by atoms with Crippen molar-refractivity contribution in [3.8, 4) is 5.75 Å². The molecular weight excluding hydrogens is 484 g/mol. The van der Waals surface area contributed by atoms with E-state index in [0.717, 1.165) is 26.6 Å². The van der Waals surface area contributed by atoms with Gasteiger partial charge in [-0.05, 0) is 72.6 Å². The van der Waals surface area contributed by atoms with Crippen molar-refractivity contribution in [2.24, 2.45) is 0 Å². The molecule has 0 heterocycles. The second kappa shape index (κ2) is 12.1. The molecule has 2 amide bonds. The van der Waals surface area contributed by atoms with E-state index in [1.807, 2.05) is 97.9 Å². The van der Waals surface area contributed by atoms with Crippen LogP contribution < -0.4 is 15.0 Å². The van der Waals surface area contributed by atoms with Crippen LogP contribution in [0.3, 0.4) is 0 Å². The van der Waals surface area contributed by atoms with Gasteiger partial charge in [0, 0.05) is 21.2 Å². The lowest BCUT2D eigenvalue weighted by molar-refractivity contribution is -0.136. The first kappa shape index (κ1) is 25.9. The Kier molecular flexibility index (Phi) is 8.48. The number of carbonyl (C=O) groups is 2. The molecule has 1 atom stereocenters. The minimum absolute atomic E-state index is 0.00390. The zero-order chi connectivity index (χ0) is 26.2.